The fourth-order valence-electron chi connectivity index (χ4n) is 0.978. The maximum Gasteiger partial charge on any atom is -0.0130 e. The first-order chi connectivity index (χ1) is 6.50. The minimum atomic E-state index is 1.00. The van der Waals surface area contributed by atoms with Crippen molar-refractivity contribution in [2.45, 2.75) is 12.8 Å². The summed E-state index contributed by atoms with van der Waals surface area (Å²) in [5.41, 5.74) is 0. The van der Waals surface area contributed by atoms with E-state index in [0.717, 1.165) is 12.8 Å². The molecule has 0 nitrogen and oxygen atoms in total. The standard InChI is InChI=1S/C13H15/c1-2-4-6-8-10-12-13-11-9-7-5-3-1/h1-7,10-13H,8-9H2/b2-1+,5-3+,6-4-,12-10-,13-11+. The maximum atomic E-state index is 2.14. The Labute approximate surface area is 80.7 Å². The van der Waals surface area contributed by atoms with Gasteiger partial charge in [-0.05, 0) is 19.3 Å². The Morgan fingerprint density at radius 3 is 1.85 bits per heavy atom. The molecule has 1 radical (unpaired) electrons. The first-order valence-corrected chi connectivity index (χ1v) is 4.63. The molecule has 0 heterocycles. The van der Waals surface area contributed by atoms with E-state index in [4.69, 9.17) is 0 Å². The fraction of sp³-hybridized carbons (Fsp3) is 0.154. The van der Waals surface area contributed by atoms with E-state index in [-0.39, 0.29) is 0 Å². The van der Waals surface area contributed by atoms with Gasteiger partial charge in [0.25, 0.3) is 0 Å². The molecule has 1 rings (SSSR count). The van der Waals surface area contributed by atoms with Gasteiger partial charge in [-0.1, -0.05) is 60.8 Å². The van der Waals surface area contributed by atoms with Crippen LogP contribution >= 0.6 is 0 Å². The molecule has 0 bridgehead atoms. The zero-order chi connectivity index (χ0) is 9.19. The van der Waals surface area contributed by atoms with Crippen molar-refractivity contribution in [3.05, 3.63) is 67.2 Å². The van der Waals surface area contributed by atoms with Gasteiger partial charge in [0.1, 0.15) is 0 Å². The average Bonchev–Trinajstić information content (AvgIpc) is 2.18. The first kappa shape index (κ1) is 9.79. The Bertz CT molecular complexity index is 249. The Kier molecular flexibility index (Phi) is 5.54. The summed E-state index contributed by atoms with van der Waals surface area (Å²) >= 11 is 0. The van der Waals surface area contributed by atoms with Gasteiger partial charge in [-0.25, -0.2) is 0 Å². The Morgan fingerprint density at radius 1 is 0.462 bits per heavy atom. The quantitative estimate of drug-likeness (QED) is 0.520. The lowest BCUT2D eigenvalue weighted by Gasteiger charge is -1.82. The predicted molar refractivity (Wildman–Crippen MR) is 59.2 cm³/mol. The van der Waals surface area contributed by atoms with Crippen LogP contribution in [0.4, 0.5) is 0 Å². The van der Waals surface area contributed by atoms with E-state index in [1.54, 1.807) is 0 Å². The second kappa shape index (κ2) is 7.35. The van der Waals surface area contributed by atoms with E-state index < -0.39 is 0 Å². The number of rotatable bonds is 0. The molecule has 67 valence electrons. The largest absolute Gasteiger partial charge is 0.0839 e. The van der Waals surface area contributed by atoms with E-state index in [1.165, 1.54) is 0 Å². The highest BCUT2D eigenvalue weighted by Crippen LogP contribution is 1.95. The van der Waals surface area contributed by atoms with Gasteiger partial charge in [-0.2, -0.15) is 0 Å². The molecule has 0 spiro atoms. The van der Waals surface area contributed by atoms with E-state index in [9.17, 15) is 0 Å². The maximum absolute atomic E-state index is 2.14. The van der Waals surface area contributed by atoms with Gasteiger partial charge < -0.3 is 0 Å². The molecule has 0 aromatic heterocycles. The molecular weight excluding hydrogens is 156 g/mol. The summed E-state index contributed by atoms with van der Waals surface area (Å²) in [6.07, 6.45) is 25.0. The van der Waals surface area contributed by atoms with Crippen LogP contribution in [0.3, 0.4) is 0 Å². The highest BCUT2D eigenvalue weighted by Gasteiger charge is 1.75. The van der Waals surface area contributed by atoms with Crippen LogP contribution in [0.25, 0.3) is 0 Å². The van der Waals surface area contributed by atoms with E-state index >= 15 is 0 Å². The van der Waals surface area contributed by atoms with Crippen molar-refractivity contribution in [2.75, 3.05) is 0 Å². The molecule has 0 aromatic rings. The van der Waals surface area contributed by atoms with Crippen molar-refractivity contribution in [3.63, 3.8) is 0 Å². The van der Waals surface area contributed by atoms with Gasteiger partial charge in [0.2, 0.25) is 0 Å². The van der Waals surface area contributed by atoms with Crippen molar-refractivity contribution in [1.29, 1.82) is 0 Å². The van der Waals surface area contributed by atoms with Crippen LogP contribution in [0, 0.1) is 6.42 Å². The molecule has 1 aliphatic carbocycles. The highest BCUT2D eigenvalue weighted by atomic mass is 13.8. The van der Waals surface area contributed by atoms with Crippen LogP contribution in [0.1, 0.15) is 12.8 Å². The third-order valence-electron chi connectivity index (χ3n) is 1.64. The summed E-state index contributed by atoms with van der Waals surface area (Å²) in [4.78, 5) is 0. The summed E-state index contributed by atoms with van der Waals surface area (Å²) in [7, 11) is 0. The SMILES string of the molecule is [CH]1/C=C/C=C/C=C\C/C=C\C=C\C1. The molecule has 0 saturated heterocycles. The fourth-order valence-corrected chi connectivity index (χ4v) is 0.978. The van der Waals surface area contributed by atoms with Gasteiger partial charge in [-0.3, -0.25) is 0 Å². The normalized spacial score (nSPS) is 30.2. The smallest absolute Gasteiger partial charge is 0.0130 e. The van der Waals surface area contributed by atoms with Crippen LogP contribution < -0.4 is 0 Å². The third-order valence-corrected chi connectivity index (χ3v) is 1.64. The molecule has 0 atom stereocenters. The van der Waals surface area contributed by atoms with Gasteiger partial charge in [0.15, 0.2) is 0 Å². The Hall–Kier alpha value is -1.30. The van der Waals surface area contributed by atoms with E-state index in [2.05, 4.69) is 49.0 Å². The van der Waals surface area contributed by atoms with Crippen molar-refractivity contribution in [1.82, 2.24) is 0 Å². The van der Waals surface area contributed by atoms with Crippen LogP contribution in [0.15, 0.2) is 60.8 Å². The van der Waals surface area contributed by atoms with Gasteiger partial charge in [-0.15, -0.1) is 0 Å². The second-order valence-corrected chi connectivity index (χ2v) is 2.76. The molecular formula is C13H15. The Morgan fingerprint density at radius 2 is 1.00 bits per heavy atom. The minimum absolute atomic E-state index is 1.00. The number of hydrogen-bond donors (Lipinski definition) is 0. The lowest BCUT2D eigenvalue weighted by atomic mass is 10.2. The summed E-state index contributed by atoms with van der Waals surface area (Å²) in [6.45, 7) is 0. The lowest BCUT2D eigenvalue weighted by Crippen LogP contribution is -1.64. The van der Waals surface area contributed by atoms with Crippen molar-refractivity contribution in [2.24, 2.45) is 0 Å². The zero-order valence-electron chi connectivity index (χ0n) is 7.77. The van der Waals surface area contributed by atoms with Crippen LogP contribution in [0.2, 0.25) is 0 Å². The van der Waals surface area contributed by atoms with Crippen molar-refractivity contribution < 1.29 is 0 Å². The van der Waals surface area contributed by atoms with E-state index in [1.807, 2.05) is 18.2 Å². The molecule has 0 heteroatoms. The molecule has 0 aliphatic heterocycles. The first-order valence-electron chi connectivity index (χ1n) is 4.63. The number of hydrogen-bond acceptors (Lipinski definition) is 0. The van der Waals surface area contributed by atoms with Crippen molar-refractivity contribution >= 4 is 0 Å². The second-order valence-electron chi connectivity index (χ2n) is 2.76. The van der Waals surface area contributed by atoms with Gasteiger partial charge >= 0.3 is 0 Å². The topological polar surface area (TPSA) is 0 Å². The third kappa shape index (κ3) is 5.92. The molecule has 0 aromatic carbocycles. The molecule has 0 N–H and O–H groups in total. The molecule has 13 heavy (non-hydrogen) atoms. The van der Waals surface area contributed by atoms with Crippen LogP contribution in [0.5, 0.6) is 0 Å². The summed E-state index contributed by atoms with van der Waals surface area (Å²) < 4.78 is 0. The number of allylic oxidation sites excluding steroid dienone is 10. The Balaban J connectivity index is 2.49. The average molecular weight is 171 g/mol. The summed E-state index contributed by atoms with van der Waals surface area (Å²) in [5.74, 6) is 0. The monoisotopic (exact) mass is 171 g/mol. The van der Waals surface area contributed by atoms with Gasteiger partial charge in [0, 0.05) is 0 Å². The zero-order valence-corrected chi connectivity index (χ0v) is 7.77. The van der Waals surface area contributed by atoms with Crippen molar-refractivity contribution in [3.8, 4) is 0 Å². The molecule has 0 fully saturated rings. The highest BCUT2D eigenvalue weighted by molar-refractivity contribution is 5.16. The summed E-state index contributed by atoms with van der Waals surface area (Å²) in [6, 6.07) is 0. The minimum Gasteiger partial charge on any atom is -0.0839 e. The molecule has 1 aliphatic rings. The molecule has 0 saturated carbocycles. The van der Waals surface area contributed by atoms with Crippen LogP contribution in [-0.2, 0) is 0 Å². The summed E-state index contributed by atoms with van der Waals surface area (Å²) in [5, 5.41) is 0. The predicted octanol–water partition coefficient (Wildman–Crippen LogP) is 3.77. The molecule has 0 unspecified atom stereocenters. The van der Waals surface area contributed by atoms with E-state index in [0.29, 0.717) is 0 Å². The lowest BCUT2D eigenvalue weighted by molar-refractivity contribution is 1.29. The van der Waals surface area contributed by atoms with Gasteiger partial charge in [0.05, 0.1) is 0 Å². The van der Waals surface area contributed by atoms with Crippen LogP contribution in [-0.4, -0.2) is 0 Å². The molecule has 0 amide bonds.